The second-order valence-electron chi connectivity index (χ2n) is 6.03. The van der Waals surface area contributed by atoms with Crippen molar-refractivity contribution in [2.24, 2.45) is 23.2 Å². The van der Waals surface area contributed by atoms with Crippen LogP contribution in [0.3, 0.4) is 0 Å². The molecule has 80 valence electrons. The first-order valence-corrected chi connectivity index (χ1v) is 5.75. The van der Waals surface area contributed by atoms with Crippen molar-refractivity contribution < 1.29 is 5.11 Å². The van der Waals surface area contributed by atoms with Gasteiger partial charge in [-0.15, -0.1) is 0 Å². The Morgan fingerprint density at radius 3 is 2.36 bits per heavy atom. The molecular formula is C13H22O. The first-order valence-electron chi connectivity index (χ1n) is 5.75. The second kappa shape index (κ2) is 2.85. The summed E-state index contributed by atoms with van der Waals surface area (Å²) in [7, 11) is 0. The normalized spacial score (nSPS) is 36.2. The Morgan fingerprint density at radius 1 is 1.36 bits per heavy atom. The maximum Gasteiger partial charge on any atom is 0.0778 e. The van der Waals surface area contributed by atoms with Crippen molar-refractivity contribution in [3.8, 4) is 0 Å². The first kappa shape index (κ1) is 10.2. The van der Waals surface area contributed by atoms with Crippen LogP contribution in [-0.2, 0) is 0 Å². The van der Waals surface area contributed by atoms with E-state index in [4.69, 9.17) is 0 Å². The molecule has 0 heterocycles. The van der Waals surface area contributed by atoms with E-state index in [2.05, 4.69) is 34.6 Å². The molecule has 1 N–H and O–H groups in total. The second-order valence-corrected chi connectivity index (χ2v) is 6.03. The Labute approximate surface area is 87.2 Å². The Hall–Kier alpha value is -0.300. The van der Waals surface area contributed by atoms with Crippen molar-refractivity contribution in [2.45, 2.75) is 47.1 Å². The molecule has 0 spiro atoms. The molecule has 14 heavy (non-hydrogen) atoms. The smallest absolute Gasteiger partial charge is 0.0778 e. The fourth-order valence-corrected chi connectivity index (χ4v) is 3.25. The number of hydrogen-bond donors (Lipinski definition) is 1. The van der Waals surface area contributed by atoms with Crippen molar-refractivity contribution in [1.82, 2.24) is 0 Å². The van der Waals surface area contributed by atoms with E-state index in [1.165, 1.54) is 17.6 Å². The zero-order chi connectivity index (χ0) is 10.7. The highest BCUT2D eigenvalue weighted by Gasteiger charge is 2.63. The Balaban J connectivity index is 2.23. The van der Waals surface area contributed by atoms with Gasteiger partial charge in [-0.1, -0.05) is 33.3 Å². The van der Waals surface area contributed by atoms with Crippen LogP contribution in [0.4, 0.5) is 0 Å². The van der Waals surface area contributed by atoms with E-state index >= 15 is 0 Å². The molecule has 0 aromatic rings. The van der Waals surface area contributed by atoms with Gasteiger partial charge in [-0.2, -0.15) is 0 Å². The lowest BCUT2D eigenvalue weighted by Gasteiger charge is -2.21. The van der Waals surface area contributed by atoms with Gasteiger partial charge in [-0.3, -0.25) is 0 Å². The predicted octanol–water partition coefficient (Wildman–Crippen LogP) is 3.00. The van der Waals surface area contributed by atoms with Crippen LogP contribution in [0, 0.1) is 23.2 Å². The molecule has 0 bridgehead atoms. The zero-order valence-electron chi connectivity index (χ0n) is 9.96. The molecule has 2 aliphatic rings. The maximum atomic E-state index is 10.2. The third-order valence-corrected chi connectivity index (χ3v) is 4.35. The highest BCUT2D eigenvalue weighted by molar-refractivity contribution is 5.38. The largest absolute Gasteiger partial charge is 0.388 e. The summed E-state index contributed by atoms with van der Waals surface area (Å²) in [5.41, 5.74) is 3.29. The van der Waals surface area contributed by atoms with Gasteiger partial charge >= 0.3 is 0 Å². The van der Waals surface area contributed by atoms with Gasteiger partial charge in [0.1, 0.15) is 0 Å². The third kappa shape index (κ3) is 1.18. The molecule has 1 fully saturated rings. The minimum atomic E-state index is -0.202. The van der Waals surface area contributed by atoms with Gasteiger partial charge in [-0.25, -0.2) is 0 Å². The predicted molar refractivity (Wildman–Crippen MR) is 58.9 cm³/mol. The molecule has 0 aromatic carbocycles. The molecule has 3 atom stereocenters. The van der Waals surface area contributed by atoms with Crippen molar-refractivity contribution in [2.75, 3.05) is 0 Å². The Bertz CT molecular complexity index is 286. The number of rotatable bonds is 2. The number of fused-ring (bicyclic) bond motifs is 1. The van der Waals surface area contributed by atoms with Crippen LogP contribution in [0.25, 0.3) is 0 Å². The summed E-state index contributed by atoms with van der Waals surface area (Å²) < 4.78 is 0. The summed E-state index contributed by atoms with van der Waals surface area (Å²) in [6.45, 7) is 11.1. The minimum absolute atomic E-state index is 0.202. The van der Waals surface area contributed by atoms with E-state index in [9.17, 15) is 5.11 Å². The summed E-state index contributed by atoms with van der Waals surface area (Å²) in [4.78, 5) is 0. The van der Waals surface area contributed by atoms with Gasteiger partial charge < -0.3 is 5.11 Å². The molecule has 1 heteroatoms. The molecule has 0 aromatic heterocycles. The van der Waals surface area contributed by atoms with Crippen LogP contribution in [-0.4, -0.2) is 11.2 Å². The fourth-order valence-electron chi connectivity index (χ4n) is 3.25. The van der Waals surface area contributed by atoms with Gasteiger partial charge in [0.25, 0.3) is 0 Å². The van der Waals surface area contributed by atoms with Crippen LogP contribution in [0.5, 0.6) is 0 Å². The van der Waals surface area contributed by atoms with E-state index in [1.807, 2.05) is 0 Å². The van der Waals surface area contributed by atoms with Gasteiger partial charge in [0.15, 0.2) is 0 Å². The molecule has 0 aliphatic heterocycles. The average Bonchev–Trinajstić information content (AvgIpc) is 2.43. The summed E-state index contributed by atoms with van der Waals surface area (Å²) in [6.07, 6.45) is 1.02. The number of aliphatic hydroxyl groups excluding tert-OH is 1. The van der Waals surface area contributed by atoms with E-state index in [-0.39, 0.29) is 6.10 Å². The van der Waals surface area contributed by atoms with Crippen molar-refractivity contribution in [3.63, 3.8) is 0 Å². The van der Waals surface area contributed by atoms with Crippen LogP contribution in [0.1, 0.15) is 41.0 Å². The Kier molecular flexibility index (Phi) is 2.08. The highest BCUT2D eigenvalue weighted by atomic mass is 16.3. The molecule has 0 amide bonds. The van der Waals surface area contributed by atoms with Crippen molar-refractivity contribution in [3.05, 3.63) is 11.1 Å². The van der Waals surface area contributed by atoms with Crippen LogP contribution >= 0.6 is 0 Å². The van der Waals surface area contributed by atoms with E-state index in [1.54, 1.807) is 0 Å². The topological polar surface area (TPSA) is 20.2 Å². The molecular weight excluding hydrogens is 172 g/mol. The number of allylic oxidation sites excluding steroid dienone is 1. The lowest BCUT2D eigenvalue weighted by Crippen LogP contribution is -2.20. The number of aliphatic hydroxyl groups is 1. The summed E-state index contributed by atoms with van der Waals surface area (Å²) in [5, 5.41) is 10.2. The molecule has 2 aliphatic carbocycles. The first-order chi connectivity index (χ1) is 6.37. The summed E-state index contributed by atoms with van der Waals surface area (Å²) in [5.74, 6) is 1.86. The standard InChI is InChI=1S/C13H22O/c1-7(2)12(14)10-8(3)6-9-11(10)13(9,4)5/h7,9,11-12,14H,6H2,1-5H3/t9-,11-,12-/m0/s1. The van der Waals surface area contributed by atoms with Gasteiger partial charge in [-0.05, 0) is 42.1 Å². The van der Waals surface area contributed by atoms with Crippen LogP contribution in [0.2, 0.25) is 0 Å². The highest BCUT2D eigenvalue weighted by Crippen LogP contribution is 2.69. The van der Waals surface area contributed by atoms with Crippen LogP contribution in [0.15, 0.2) is 11.1 Å². The lowest BCUT2D eigenvalue weighted by molar-refractivity contribution is 0.152. The summed E-state index contributed by atoms with van der Waals surface area (Å²) >= 11 is 0. The van der Waals surface area contributed by atoms with Gasteiger partial charge in [0.05, 0.1) is 6.10 Å². The molecule has 2 rings (SSSR count). The van der Waals surface area contributed by atoms with E-state index in [0.717, 1.165) is 5.92 Å². The minimum Gasteiger partial charge on any atom is -0.388 e. The zero-order valence-corrected chi connectivity index (χ0v) is 9.96. The molecule has 0 saturated heterocycles. The van der Waals surface area contributed by atoms with Gasteiger partial charge in [0.2, 0.25) is 0 Å². The molecule has 1 nitrogen and oxygen atoms in total. The average molecular weight is 194 g/mol. The molecule has 0 unspecified atom stereocenters. The van der Waals surface area contributed by atoms with E-state index in [0.29, 0.717) is 17.3 Å². The van der Waals surface area contributed by atoms with Crippen molar-refractivity contribution >= 4 is 0 Å². The summed E-state index contributed by atoms with van der Waals surface area (Å²) in [6, 6.07) is 0. The lowest BCUT2D eigenvalue weighted by atomic mass is 9.88. The molecule has 1 saturated carbocycles. The van der Waals surface area contributed by atoms with Gasteiger partial charge in [0, 0.05) is 0 Å². The van der Waals surface area contributed by atoms with Crippen molar-refractivity contribution in [1.29, 1.82) is 0 Å². The molecule has 0 radical (unpaired) electrons. The third-order valence-electron chi connectivity index (χ3n) is 4.35. The Morgan fingerprint density at radius 2 is 1.93 bits per heavy atom. The van der Waals surface area contributed by atoms with E-state index < -0.39 is 0 Å². The van der Waals surface area contributed by atoms with Crippen LogP contribution < -0.4 is 0 Å². The number of hydrogen-bond acceptors (Lipinski definition) is 1. The monoisotopic (exact) mass is 194 g/mol. The SMILES string of the molecule is CC1=C([C@@H](O)C(C)C)[C@@H]2[C@H](C1)C2(C)C. The quantitative estimate of drug-likeness (QED) is 0.670. The maximum absolute atomic E-state index is 10.2. The fraction of sp³-hybridized carbons (Fsp3) is 0.846.